The van der Waals surface area contributed by atoms with E-state index in [1.807, 2.05) is 6.07 Å². The third-order valence-corrected chi connectivity index (χ3v) is 9.25. The van der Waals surface area contributed by atoms with Crippen LogP contribution in [-0.4, -0.2) is 76.8 Å². The van der Waals surface area contributed by atoms with Crippen LogP contribution in [0.1, 0.15) is 43.0 Å². The summed E-state index contributed by atoms with van der Waals surface area (Å²) < 4.78 is 44.4. The maximum Gasteiger partial charge on any atom is 0.243 e. The zero-order valence-corrected chi connectivity index (χ0v) is 24.1. The third kappa shape index (κ3) is 7.29. The molecule has 0 saturated carbocycles. The highest BCUT2D eigenvalue weighted by molar-refractivity contribution is 7.89. The Kier molecular flexibility index (Phi) is 10.6. The van der Waals surface area contributed by atoms with E-state index in [1.54, 1.807) is 39.5 Å². The first-order valence-corrected chi connectivity index (χ1v) is 15.0. The molecule has 1 unspecified atom stereocenters. The predicted molar refractivity (Wildman–Crippen MR) is 153 cm³/mol. The van der Waals surface area contributed by atoms with Crippen LogP contribution in [0.25, 0.3) is 11.3 Å². The molecular weight excluding hydrogens is 514 g/mol. The number of sulfonamides is 1. The number of nitrogens with one attached hydrogen (secondary N) is 1. The molecule has 0 amide bonds. The first-order valence-electron chi connectivity index (χ1n) is 13.6. The van der Waals surface area contributed by atoms with Gasteiger partial charge in [-0.05, 0) is 55.3 Å². The number of likely N-dealkylation sites (tertiary alicyclic amines) is 1. The van der Waals surface area contributed by atoms with Gasteiger partial charge < -0.3 is 19.2 Å². The van der Waals surface area contributed by atoms with Gasteiger partial charge in [0.1, 0.15) is 5.75 Å². The van der Waals surface area contributed by atoms with E-state index in [4.69, 9.17) is 14.2 Å². The quantitative estimate of drug-likeness (QED) is 0.316. The van der Waals surface area contributed by atoms with Gasteiger partial charge in [-0.15, -0.1) is 0 Å². The molecule has 39 heavy (non-hydrogen) atoms. The molecule has 4 rings (SSSR count). The number of methoxy groups -OCH3 is 3. The highest BCUT2D eigenvalue weighted by atomic mass is 32.2. The number of H-pyrrole nitrogens is 1. The second kappa shape index (κ2) is 14.1. The summed E-state index contributed by atoms with van der Waals surface area (Å²) in [5.74, 6) is 0.611. The van der Waals surface area contributed by atoms with Crippen LogP contribution < -0.4 is 4.74 Å². The van der Waals surface area contributed by atoms with Gasteiger partial charge in [0.15, 0.2) is 0 Å². The second-order valence-corrected chi connectivity index (χ2v) is 11.8. The maximum absolute atomic E-state index is 13.6. The molecule has 1 aliphatic heterocycles. The second-order valence-electron chi connectivity index (χ2n) is 9.90. The molecule has 0 aliphatic carbocycles. The molecule has 0 radical (unpaired) electrons. The van der Waals surface area contributed by atoms with Crippen molar-refractivity contribution in [3.8, 4) is 17.0 Å². The van der Waals surface area contributed by atoms with Gasteiger partial charge in [0, 0.05) is 56.8 Å². The number of rotatable bonds is 13. The topological polar surface area (TPSA) is 84.1 Å². The number of aromatic amines is 1. The Morgan fingerprint density at radius 3 is 2.36 bits per heavy atom. The van der Waals surface area contributed by atoms with Gasteiger partial charge in [0.25, 0.3) is 0 Å². The van der Waals surface area contributed by atoms with Gasteiger partial charge in [-0.2, -0.15) is 4.31 Å². The number of hydrogen-bond acceptors (Lipinski definition) is 6. The van der Waals surface area contributed by atoms with Crippen LogP contribution in [0, 0.1) is 0 Å². The smallest absolute Gasteiger partial charge is 0.243 e. The molecule has 1 fully saturated rings. The van der Waals surface area contributed by atoms with Crippen LogP contribution >= 0.6 is 0 Å². The molecule has 2 aromatic carbocycles. The molecule has 9 heteroatoms. The molecule has 0 bridgehead atoms. The van der Waals surface area contributed by atoms with Crippen molar-refractivity contribution < 1.29 is 22.6 Å². The highest BCUT2D eigenvalue weighted by Gasteiger charge is 2.26. The van der Waals surface area contributed by atoms with E-state index in [9.17, 15) is 8.42 Å². The maximum atomic E-state index is 13.6. The third-order valence-electron chi connectivity index (χ3n) is 7.36. The molecule has 3 aromatic rings. The molecule has 0 spiro atoms. The summed E-state index contributed by atoms with van der Waals surface area (Å²) in [7, 11) is 0.953. The Bertz CT molecular complexity index is 1270. The van der Waals surface area contributed by atoms with Gasteiger partial charge in [0.05, 0.1) is 25.2 Å². The van der Waals surface area contributed by atoms with Crippen molar-refractivity contribution in [2.75, 3.05) is 54.2 Å². The van der Waals surface area contributed by atoms with Gasteiger partial charge in [-0.1, -0.05) is 43.2 Å². The molecule has 1 aliphatic rings. The van der Waals surface area contributed by atoms with Crippen molar-refractivity contribution >= 4 is 10.0 Å². The van der Waals surface area contributed by atoms with Crippen LogP contribution in [0.2, 0.25) is 0 Å². The first-order chi connectivity index (χ1) is 19.0. The number of benzene rings is 2. The number of nitrogens with zero attached hydrogens (tertiary/aromatic N) is 2. The van der Waals surface area contributed by atoms with E-state index in [0.717, 1.165) is 30.9 Å². The monoisotopic (exact) mass is 555 g/mol. The van der Waals surface area contributed by atoms with E-state index in [2.05, 4.69) is 46.3 Å². The average Bonchev–Trinajstić information content (AvgIpc) is 3.30. The minimum Gasteiger partial charge on any atom is -0.496 e. The summed E-state index contributed by atoms with van der Waals surface area (Å²) in [5, 5.41) is 0. The van der Waals surface area contributed by atoms with Crippen LogP contribution in [0.3, 0.4) is 0 Å². The average molecular weight is 556 g/mol. The summed E-state index contributed by atoms with van der Waals surface area (Å²) in [4.78, 5) is 6.31. The van der Waals surface area contributed by atoms with Crippen molar-refractivity contribution in [2.24, 2.45) is 0 Å². The van der Waals surface area contributed by atoms with E-state index in [0.29, 0.717) is 30.6 Å². The zero-order valence-electron chi connectivity index (χ0n) is 23.3. The largest absolute Gasteiger partial charge is 0.496 e. The number of ether oxygens (including phenoxy) is 3. The van der Waals surface area contributed by atoms with Gasteiger partial charge in [-0.25, -0.2) is 8.42 Å². The minimum atomic E-state index is -3.76. The van der Waals surface area contributed by atoms with Crippen LogP contribution in [0.15, 0.2) is 65.6 Å². The zero-order chi connectivity index (χ0) is 27.7. The van der Waals surface area contributed by atoms with Crippen LogP contribution in [-0.2, 0) is 26.0 Å². The lowest BCUT2D eigenvalue weighted by atomic mass is 10.0. The molecule has 1 saturated heterocycles. The molecule has 1 atom stereocenters. The standard InChI is InChI=1S/C30H41N3O5S/c1-36-20-18-33(19-21-37-2)39(34,35)26-14-16-30(38-3)27(22-26)28-15-13-25(31-28)23-32-17-9-5-8-12-29(32)24-10-6-4-7-11-24/h4,6-7,10-11,13-16,22,29,31H,5,8-9,12,17-21,23H2,1-3H3. The van der Waals surface area contributed by atoms with Gasteiger partial charge in [-0.3, -0.25) is 4.90 Å². The van der Waals surface area contributed by atoms with Gasteiger partial charge >= 0.3 is 0 Å². The lowest BCUT2D eigenvalue weighted by Gasteiger charge is -2.30. The van der Waals surface area contributed by atoms with E-state index < -0.39 is 10.0 Å². The molecule has 8 nitrogen and oxygen atoms in total. The van der Waals surface area contributed by atoms with Gasteiger partial charge in [0.2, 0.25) is 10.0 Å². The fourth-order valence-corrected chi connectivity index (χ4v) is 6.70. The first kappa shape index (κ1) is 29.3. The molecule has 2 heterocycles. The fraction of sp³-hybridized carbons (Fsp3) is 0.467. The molecule has 1 aromatic heterocycles. The summed E-state index contributed by atoms with van der Waals surface area (Å²) >= 11 is 0. The molecular formula is C30H41N3O5S. The van der Waals surface area contributed by atoms with Crippen molar-refractivity contribution in [2.45, 2.75) is 43.2 Å². The lowest BCUT2D eigenvalue weighted by Crippen LogP contribution is -2.36. The normalized spacial score (nSPS) is 16.9. The highest BCUT2D eigenvalue weighted by Crippen LogP contribution is 2.35. The predicted octanol–water partition coefficient (Wildman–Crippen LogP) is 5.09. The number of aromatic nitrogens is 1. The summed E-state index contributed by atoms with van der Waals surface area (Å²) in [6.07, 6.45) is 4.82. The fourth-order valence-electron chi connectivity index (χ4n) is 5.26. The Labute approximate surface area is 232 Å². The molecule has 1 N–H and O–H groups in total. The summed E-state index contributed by atoms with van der Waals surface area (Å²) in [6, 6.07) is 20.2. The number of hydrogen-bond donors (Lipinski definition) is 1. The van der Waals surface area contributed by atoms with Crippen molar-refractivity contribution in [3.05, 3.63) is 71.9 Å². The van der Waals surface area contributed by atoms with Crippen LogP contribution in [0.4, 0.5) is 0 Å². The van der Waals surface area contributed by atoms with Crippen molar-refractivity contribution in [3.63, 3.8) is 0 Å². The molecule has 212 valence electrons. The Morgan fingerprint density at radius 1 is 0.923 bits per heavy atom. The van der Waals surface area contributed by atoms with Crippen molar-refractivity contribution in [1.82, 2.24) is 14.2 Å². The minimum absolute atomic E-state index is 0.207. The summed E-state index contributed by atoms with van der Waals surface area (Å²) in [6.45, 7) is 2.92. The van der Waals surface area contributed by atoms with E-state index >= 15 is 0 Å². The van der Waals surface area contributed by atoms with E-state index in [1.165, 1.54) is 29.1 Å². The van der Waals surface area contributed by atoms with E-state index in [-0.39, 0.29) is 18.0 Å². The Balaban J connectivity index is 1.60. The van der Waals surface area contributed by atoms with Crippen molar-refractivity contribution in [1.29, 1.82) is 0 Å². The Morgan fingerprint density at radius 2 is 1.67 bits per heavy atom. The lowest BCUT2D eigenvalue weighted by molar-refractivity contribution is 0.150. The summed E-state index contributed by atoms with van der Waals surface area (Å²) in [5.41, 5.74) is 3.98. The Hall–Kier alpha value is -2.69. The SMILES string of the molecule is COCCN(CCOC)S(=O)(=O)c1ccc(OC)c(-c2ccc(CN3CCCCCC3c3ccccc3)[nH]2)c1. The van der Waals surface area contributed by atoms with Crippen LogP contribution in [0.5, 0.6) is 5.75 Å².